The lowest BCUT2D eigenvalue weighted by Crippen LogP contribution is -2.57. The average molecular weight is 369 g/mol. The van der Waals surface area contributed by atoms with Crippen molar-refractivity contribution in [3.05, 3.63) is 35.5 Å². The third-order valence-corrected chi connectivity index (χ3v) is 6.90. The Bertz CT molecular complexity index is 847. The summed E-state index contributed by atoms with van der Waals surface area (Å²) in [5.74, 6) is 0.0869. The van der Waals surface area contributed by atoms with Crippen molar-refractivity contribution in [1.29, 1.82) is 0 Å². The lowest BCUT2D eigenvalue weighted by Gasteiger charge is -2.48. The van der Waals surface area contributed by atoms with Crippen LogP contribution in [0.3, 0.4) is 0 Å². The molecule has 5 heteroatoms. The van der Waals surface area contributed by atoms with Crippen LogP contribution < -0.4 is 5.32 Å². The number of nitrogens with zero attached hydrogens (tertiary/aromatic N) is 2. The minimum absolute atomic E-state index is 0.0869. The summed E-state index contributed by atoms with van der Waals surface area (Å²) in [7, 11) is 0. The van der Waals surface area contributed by atoms with Crippen molar-refractivity contribution in [2.45, 2.75) is 69.6 Å². The van der Waals surface area contributed by atoms with Gasteiger partial charge in [-0.25, -0.2) is 4.39 Å². The average Bonchev–Trinajstić information content (AvgIpc) is 3.23. The standard InChI is InChI=1S/C22H28FN3O/c23-10-12-25-16-5-3-6-17(25)14-15(13-16)24-22(27)21-18-7-1-2-8-19(18)26-11-4-9-20(21)26/h1-2,7-8,15-17H,3-6,9-14H2,(H,24,27). The van der Waals surface area contributed by atoms with Gasteiger partial charge in [0.05, 0.1) is 5.56 Å². The maximum atomic E-state index is 13.3. The Morgan fingerprint density at radius 3 is 2.70 bits per heavy atom. The highest BCUT2D eigenvalue weighted by atomic mass is 19.1. The molecule has 2 unspecified atom stereocenters. The fraction of sp³-hybridized carbons (Fsp3) is 0.591. The molecule has 2 atom stereocenters. The van der Waals surface area contributed by atoms with E-state index in [1.807, 2.05) is 6.07 Å². The van der Waals surface area contributed by atoms with Crippen LogP contribution in [-0.4, -0.2) is 46.7 Å². The third kappa shape index (κ3) is 2.87. The molecule has 4 heterocycles. The number of benzene rings is 1. The molecular weight excluding hydrogens is 341 g/mol. The number of hydrogen-bond acceptors (Lipinski definition) is 2. The number of nitrogens with one attached hydrogen (secondary N) is 1. The van der Waals surface area contributed by atoms with Crippen molar-refractivity contribution in [3.8, 4) is 0 Å². The normalized spacial score (nSPS) is 27.7. The molecule has 2 saturated heterocycles. The first-order valence-electron chi connectivity index (χ1n) is 10.5. The Labute approximate surface area is 159 Å². The van der Waals surface area contributed by atoms with Crippen molar-refractivity contribution in [1.82, 2.24) is 14.8 Å². The number of halogens is 1. The topological polar surface area (TPSA) is 37.3 Å². The molecule has 27 heavy (non-hydrogen) atoms. The predicted octanol–water partition coefficient (Wildman–Crippen LogP) is 3.67. The molecule has 1 aromatic heterocycles. The Morgan fingerprint density at radius 2 is 1.93 bits per heavy atom. The number of aromatic nitrogens is 1. The number of fused-ring (bicyclic) bond motifs is 5. The monoisotopic (exact) mass is 369 g/mol. The van der Waals surface area contributed by atoms with E-state index in [0.29, 0.717) is 18.6 Å². The molecule has 0 radical (unpaired) electrons. The van der Waals surface area contributed by atoms with Gasteiger partial charge in [-0.05, 0) is 44.6 Å². The van der Waals surface area contributed by atoms with Gasteiger partial charge in [-0.15, -0.1) is 0 Å². The highest BCUT2D eigenvalue weighted by molar-refractivity contribution is 6.08. The summed E-state index contributed by atoms with van der Waals surface area (Å²) in [6, 6.07) is 9.34. The van der Waals surface area contributed by atoms with Gasteiger partial charge in [0.2, 0.25) is 0 Å². The van der Waals surface area contributed by atoms with Crippen molar-refractivity contribution < 1.29 is 9.18 Å². The summed E-state index contributed by atoms with van der Waals surface area (Å²) in [6.07, 6.45) is 7.51. The SMILES string of the molecule is O=C(NC1CC2CCCC(C1)N2CCF)c1c2n(c3ccccc13)CCC2. The summed E-state index contributed by atoms with van der Waals surface area (Å²) in [5, 5.41) is 4.44. The molecule has 3 aliphatic rings. The van der Waals surface area contributed by atoms with Crippen LogP contribution in [0.4, 0.5) is 4.39 Å². The van der Waals surface area contributed by atoms with Crippen LogP contribution in [0.15, 0.2) is 24.3 Å². The van der Waals surface area contributed by atoms with Crippen LogP contribution >= 0.6 is 0 Å². The number of rotatable bonds is 4. The van der Waals surface area contributed by atoms with Gasteiger partial charge in [-0.1, -0.05) is 24.6 Å². The van der Waals surface area contributed by atoms with E-state index in [-0.39, 0.29) is 18.6 Å². The lowest BCUT2D eigenvalue weighted by atomic mass is 9.81. The van der Waals surface area contributed by atoms with Gasteiger partial charge in [0.15, 0.2) is 0 Å². The van der Waals surface area contributed by atoms with Crippen molar-refractivity contribution >= 4 is 16.8 Å². The molecule has 0 saturated carbocycles. The molecule has 1 N–H and O–H groups in total. The molecular formula is C22H28FN3O. The number of amides is 1. The van der Waals surface area contributed by atoms with Crippen molar-refractivity contribution in [2.75, 3.05) is 13.2 Å². The molecule has 3 aliphatic heterocycles. The second-order valence-corrected chi connectivity index (χ2v) is 8.40. The number of piperidine rings is 2. The second kappa shape index (κ2) is 6.93. The molecule has 1 aromatic carbocycles. The van der Waals surface area contributed by atoms with Gasteiger partial charge >= 0.3 is 0 Å². The van der Waals surface area contributed by atoms with Gasteiger partial charge in [0.1, 0.15) is 6.67 Å². The number of para-hydroxylation sites is 1. The second-order valence-electron chi connectivity index (χ2n) is 8.40. The van der Waals surface area contributed by atoms with E-state index in [9.17, 15) is 9.18 Å². The maximum absolute atomic E-state index is 13.3. The molecule has 0 spiro atoms. The summed E-state index contributed by atoms with van der Waals surface area (Å²) in [4.78, 5) is 15.6. The Kier molecular flexibility index (Phi) is 4.43. The van der Waals surface area contributed by atoms with Crippen molar-refractivity contribution in [3.63, 3.8) is 0 Å². The third-order valence-electron chi connectivity index (χ3n) is 6.90. The summed E-state index contributed by atoms with van der Waals surface area (Å²) in [5.41, 5.74) is 3.27. The van der Waals surface area contributed by atoms with Crippen LogP contribution in [-0.2, 0) is 13.0 Å². The predicted molar refractivity (Wildman–Crippen MR) is 105 cm³/mol. The quantitative estimate of drug-likeness (QED) is 0.893. The number of carbonyl (C=O) groups is 1. The number of carbonyl (C=O) groups excluding carboxylic acids is 1. The molecule has 5 rings (SSSR count). The minimum atomic E-state index is -0.271. The molecule has 2 fully saturated rings. The van der Waals surface area contributed by atoms with E-state index >= 15 is 0 Å². The molecule has 4 nitrogen and oxygen atoms in total. The Morgan fingerprint density at radius 1 is 1.15 bits per heavy atom. The van der Waals surface area contributed by atoms with Gasteiger partial charge in [-0.3, -0.25) is 9.69 Å². The van der Waals surface area contributed by atoms with E-state index in [0.717, 1.165) is 56.0 Å². The van der Waals surface area contributed by atoms with Gasteiger partial charge in [-0.2, -0.15) is 0 Å². The van der Waals surface area contributed by atoms with Crippen LogP contribution in [0, 0.1) is 0 Å². The molecule has 0 aliphatic carbocycles. The Balaban J connectivity index is 1.38. The fourth-order valence-electron chi connectivity index (χ4n) is 5.85. The van der Waals surface area contributed by atoms with Gasteiger partial charge < -0.3 is 9.88 Å². The zero-order valence-electron chi connectivity index (χ0n) is 15.8. The summed E-state index contributed by atoms with van der Waals surface area (Å²) < 4.78 is 15.3. The number of alkyl halides is 1. The lowest BCUT2D eigenvalue weighted by molar-refractivity contribution is 0.0203. The van der Waals surface area contributed by atoms with E-state index in [2.05, 4.69) is 33.0 Å². The van der Waals surface area contributed by atoms with E-state index in [1.165, 1.54) is 17.6 Å². The van der Waals surface area contributed by atoms with Crippen LogP contribution in [0.25, 0.3) is 10.9 Å². The number of hydrogen-bond donors (Lipinski definition) is 1. The zero-order valence-corrected chi connectivity index (χ0v) is 15.8. The van der Waals surface area contributed by atoms with E-state index in [1.54, 1.807) is 0 Å². The zero-order chi connectivity index (χ0) is 18.4. The molecule has 2 bridgehead atoms. The molecule has 144 valence electrons. The van der Waals surface area contributed by atoms with Crippen LogP contribution in [0.5, 0.6) is 0 Å². The molecule has 1 amide bonds. The Hall–Kier alpha value is -1.88. The fourth-order valence-corrected chi connectivity index (χ4v) is 5.85. The highest BCUT2D eigenvalue weighted by Gasteiger charge is 2.39. The van der Waals surface area contributed by atoms with Gasteiger partial charge in [0, 0.05) is 47.8 Å². The highest BCUT2D eigenvalue weighted by Crippen LogP contribution is 2.35. The summed E-state index contributed by atoms with van der Waals surface area (Å²) in [6.45, 7) is 1.29. The number of aryl methyl sites for hydroxylation is 1. The smallest absolute Gasteiger partial charge is 0.253 e. The molecule has 2 aromatic rings. The van der Waals surface area contributed by atoms with Crippen molar-refractivity contribution in [2.24, 2.45) is 0 Å². The van der Waals surface area contributed by atoms with Gasteiger partial charge in [0.25, 0.3) is 5.91 Å². The first-order valence-corrected chi connectivity index (χ1v) is 10.5. The van der Waals surface area contributed by atoms with Crippen LogP contribution in [0.2, 0.25) is 0 Å². The van der Waals surface area contributed by atoms with Crippen LogP contribution in [0.1, 0.15) is 54.6 Å². The van der Waals surface area contributed by atoms with E-state index in [4.69, 9.17) is 0 Å². The maximum Gasteiger partial charge on any atom is 0.253 e. The van der Waals surface area contributed by atoms with E-state index < -0.39 is 0 Å². The largest absolute Gasteiger partial charge is 0.349 e. The minimum Gasteiger partial charge on any atom is -0.349 e. The first kappa shape index (κ1) is 17.2. The summed E-state index contributed by atoms with van der Waals surface area (Å²) >= 11 is 0. The first-order chi connectivity index (χ1) is 13.3.